The Balaban J connectivity index is 2.41. The molecule has 1 aromatic carbocycles. The van der Waals surface area contributed by atoms with Crippen molar-refractivity contribution >= 4 is 24.2 Å². The van der Waals surface area contributed by atoms with Crippen LogP contribution in [0.2, 0.25) is 5.02 Å². The van der Waals surface area contributed by atoms with Crippen molar-refractivity contribution in [3.63, 3.8) is 0 Å². The van der Waals surface area contributed by atoms with E-state index in [2.05, 4.69) is 40.7 Å². The fourth-order valence-corrected chi connectivity index (χ4v) is 2.40. The van der Waals surface area contributed by atoms with E-state index in [1.54, 1.807) is 0 Å². The molecule has 0 N–H and O–H groups in total. The highest BCUT2D eigenvalue weighted by molar-refractivity contribution is 6.66. The van der Waals surface area contributed by atoms with Crippen LogP contribution >= 0.6 is 11.6 Å². The zero-order valence-electron chi connectivity index (χ0n) is 11.7. The number of rotatable bonds is 2. The fraction of sp³-hybridized carbons (Fsp3) is 0.571. The van der Waals surface area contributed by atoms with Gasteiger partial charge in [-0.3, -0.25) is 0 Å². The summed E-state index contributed by atoms with van der Waals surface area (Å²) in [5, 5.41) is 0.716. The van der Waals surface area contributed by atoms with E-state index in [0.29, 0.717) is 5.02 Å². The Bertz CT molecular complexity index is 441. The summed E-state index contributed by atoms with van der Waals surface area (Å²) in [6, 6.07) is 5.93. The molecule has 4 heteroatoms. The first kappa shape index (κ1) is 13.9. The molecule has 1 aliphatic heterocycles. The lowest BCUT2D eigenvalue weighted by molar-refractivity contribution is 0.00578. The summed E-state index contributed by atoms with van der Waals surface area (Å²) in [6.07, 6.45) is 0.917. The smallest absolute Gasteiger partial charge is 0.399 e. The average molecular weight is 267 g/mol. The first-order valence-electron chi connectivity index (χ1n) is 6.41. The second-order valence-corrected chi connectivity index (χ2v) is 6.16. The van der Waals surface area contributed by atoms with Crippen molar-refractivity contribution in [2.24, 2.45) is 0 Å². The Kier molecular flexibility index (Phi) is 3.52. The van der Waals surface area contributed by atoms with Crippen LogP contribution in [0, 0.1) is 0 Å². The highest BCUT2D eigenvalue weighted by atomic mass is 35.5. The summed E-state index contributed by atoms with van der Waals surface area (Å²) in [7, 11) is -0.376. The van der Waals surface area contributed by atoms with Gasteiger partial charge in [0.2, 0.25) is 0 Å². The van der Waals surface area contributed by atoms with Gasteiger partial charge in [-0.15, -0.1) is 0 Å². The number of halogens is 1. The summed E-state index contributed by atoms with van der Waals surface area (Å²) in [5.74, 6) is 0. The zero-order valence-corrected chi connectivity index (χ0v) is 12.5. The molecule has 0 saturated carbocycles. The van der Waals surface area contributed by atoms with E-state index >= 15 is 0 Å². The normalized spacial score (nSPS) is 21.3. The van der Waals surface area contributed by atoms with Crippen molar-refractivity contribution in [3.05, 3.63) is 28.8 Å². The van der Waals surface area contributed by atoms with Crippen molar-refractivity contribution in [3.8, 4) is 0 Å². The van der Waals surface area contributed by atoms with Gasteiger partial charge in [-0.05, 0) is 45.7 Å². The number of hydrogen-bond acceptors (Lipinski definition) is 2. The predicted molar refractivity (Wildman–Crippen MR) is 76.5 cm³/mol. The molecule has 1 fully saturated rings. The maximum Gasteiger partial charge on any atom is 0.496 e. The molecule has 1 aliphatic rings. The van der Waals surface area contributed by atoms with Crippen LogP contribution in [0.4, 0.5) is 0 Å². The zero-order chi connectivity index (χ0) is 13.6. The SMILES string of the molecule is CCc1cccc(Cl)c1B1OC(C)(C)C(C)(C)O1. The molecular formula is C14H20BClO2. The second kappa shape index (κ2) is 4.55. The average Bonchev–Trinajstić information content (AvgIpc) is 2.47. The molecular weight excluding hydrogens is 246 g/mol. The van der Waals surface area contributed by atoms with E-state index in [-0.39, 0.29) is 18.3 Å². The Morgan fingerprint density at radius 1 is 1.11 bits per heavy atom. The van der Waals surface area contributed by atoms with Crippen LogP contribution in [0.3, 0.4) is 0 Å². The molecule has 0 atom stereocenters. The number of aryl methyl sites for hydroxylation is 1. The molecule has 2 nitrogen and oxygen atoms in total. The monoisotopic (exact) mass is 266 g/mol. The van der Waals surface area contributed by atoms with E-state index in [9.17, 15) is 0 Å². The summed E-state index contributed by atoms with van der Waals surface area (Å²) < 4.78 is 12.1. The third-order valence-corrected chi connectivity index (χ3v) is 4.34. The standard InChI is InChI=1S/C14H20BClO2/c1-6-10-8-7-9-11(16)12(10)15-17-13(2,3)14(4,5)18-15/h7-9H,6H2,1-5H3. The van der Waals surface area contributed by atoms with Crippen molar-refractivity contribution < 1.29 is 9.31 Å². The Morgan fingerprint density at radius 3 is 2.17 bits per heavy atom. The van der Waals surface area contributed by atoms with Gasteiger partial charge in [0.15, 0.2) is 0 Å². The molecule has 0 amide bonds. The molecule has 0 aromatic heterocycles. The van der Waals surface area contributed by atoms with Crippen LogP contribution in [0.5, 0.6) is 0 Å². The number of benzene rings is 1. The van der Waals surface area contributed by atoms with Gasteiger partial charge in [0.05, 0.1) is 11.2 Å². The lowest BCUT2D eigenvalue weighted by Gasteiger charge is -2.32. The molecule has 1 aromatic rings. The van der Waals surface area contributed by atoms with Gasteiger partial charge in [-0.25, -0.2) is 0 Å². The van der Waals surface area contributed by atoms with Gasteiger partial charge in [-0.2, -0.15) is 0 Å². The first-order chi connectivity index (χ1) is 8.28. The van der Waals surface area contributed by atoms with Gasteiger partial charge in [0, 0.05) is 10.5 Å². The summed E-state index contributed by atoms with van der Waals surface area (Å²) >= 11 is 6.31. The third kappa shape index (κ3) is 2.20. The maximum absolute atomic E-state index is 6.31. The topological polar surface area (TPSA) is 18.5 Å². The van der Waals surface area contributed by atoms with Crippen LogP contribution in [0.25, 0.3) is 0 Å². The lowest BCUT2D eigenvalue weighted by Crippen LogP contribution is -2.41. The minimum Gasteiger partial charge on any atom is -0.399 e. The van der Waals surface area contributed by atoms with Crippen LogP contribution in [-0.2, 0) is 15.7 Å². The summed E-state index contributed by atoms with van der Waals surface area (Å²) in [4.78, 5) is 0. The first-order valence-corrected chi connectivity index (χ1v) is 6.79. The van der Waals surface area contributed by atoms with Gasteiger partial charge < -0.3 is 9.31 Å². The molecule has 0 radical (unpaired) electrons. The molecule has 0 unspecified atom stereocenters. The molecule has 1 heterocycles. The van der Waals surface area contributed by atoms with Gasteiger partial charge in [0.1, 0.15) is 0 Å². The Morgan fingerprint density at radius 2 is 1.67 bits per heavy atom. The van der Waals surface area contributed by atoms with Crippen LogP contribution in [-0.4, -0.2) is 18.3 Å². The maximum atomic E-state index is 6.31. The number of hydrogen-bond donors (Lipinski definition) is 0. The third-order valence-electron chi connectivity index (χ3n) is 4.01. The predicted octanol–water partition coefficient (Wildman–Crippen LogP) is 3.20. The summed E-state index contributed by atoms with van der Waals surface area (Å²) in [5.41, 5.74) is 1.49. The highest BCUT2D eigenvalue weighted by Crippen LogP contribution is 2.37. The molecule has 1 saturated heterocycles. The molecule has 18 heavy (non-hydrogen) atoms. The van der Waals surface area contributed by atoms with E-state index in [1.807, 2.05) is 12.1 Å². The lowest BCUT2D eigenvalue weighted by atomic mass is 9.75. The molecule has 0 bridgehead atoms. The Hall–Kier alpha value is -0.505. The second-order valence-electron chi connectivity index (χ2n) is 5.75. The van der Waals surface area contributed by atoms with E-state index in [4.69, 9.17) is 20.9 Å². The highest BCUT2D eigenvalue weighted by Gasteiger charge is 2.52. The van der Waals surface area contributed by atoms with Crippen molar-refractivity contribution in [1.29, 1.82) is 0 Å². The molecule has 0 aliphatic carbocycles. The quantitative estimate of drug-likeness (QED) is 0.765. The van der Waals surface area contributed by atoms with Gasteiger partial charge >= 0.3 is 7.12 Å². The molecule has 98 valence electrons. The molecule has 2 rings (SSSR count). The van der Waals surface area contributed by atoms with Crippen LogP contribution in [0.15, 0.2) is 18.2 Å². The van der Waals surface area contributed by atoms with Gasteiger partial charge in [-0.1, -0.05) is 30.7 Å². The van der Waals surface area contributed by atoms with E-state index in [0.717, 1.165) is 11.9 Å². The van der Waals surface area contributed by atoms with Crippen molar-refractivity contribution in [2.75, 3.05) is 0 Å². The fourth-order valence-electron chi connectivity index (χ4n) is 2.11. The van der Waals surface area contributed by atoms with Crippen molar-refractivity contribution in [2.45, 2.75) is 52.2 Å². The molecule has 0 spiro atoms. The van der Waals surface area contributed by atoms with E-state index < -0.39 is 0 Å². The largest absolute Gasteiger partial charge is 0.496 e. The van der Waals surface area contributed by atoms with Crippen LogP contribution < -0.4 is 5.46 Å². The minimum atomic E-state index is -0.376. The Labute approximate surface area is 115 Å². The van der Waals surface area contributed by atoms with Gasteiger partial charge in [0.25, 0.3) is 0 Å². The van der Waals surface area contributed by atoms with Crippen molar-refractivity contribution in [1.82, 2.24) is 0 Å². The van der Waals surface area contributed by atoms with Crippen LogP contribution in [0.1, 0.15) is 40.2 Å². The van der Waals surface area contributed by atoms with E-state index in [1.165, 1.54) is 5.56 Å². The summed E-state index contributed by atoms with van der Waals surface area (Å²) in [6.45, 7) is 10.3. The minimum absolute atomic E-state index is 0.331.